The Kier molecular flexibility index (Phi) is 3.99. The van der Waals surface area contributed by atoms with E-state index in [1.54, 1.807) is 0 Å². The zero-order chi connectivity index (χ0) is 15.8. The highest BCUT2D eigenvalue weighted by Crippen LogP contribution is 2.30. The molecule has 1 aromatic carbocycles. The number of carbonyl (C=O) groups excluding carboxylic acids is 1. The maximum absolute atomic E-state index is 12.4. The quantitative estimate of drug-likeness (QED) is 0.923. The summed E-state index contributed by atoms with van der Waals surface area (Å²) in [6.07, 6.45) is 1.26. The Morgan fingerprint density at radius 1 is 1.30 bits per heavy atom. The molecular weight excluding hydrogens is 290 g/mol. The molecule has 2 amide bonds. The molecule has 0 bridgehead atoms. The van der Waals surface area contributed by atoms with Crippen LogP contribution in [0.5, 0.6) is 0 Å². The van der Waals surface area contributed by atoms with E-state index in [-0.39, 0.29) is 12.1 Å². The number of ether oxygens (including phenoxy) is 1. The first-order valence-electron chi connectivity index (χ1n) is 8.66. The van der Waals surface area contributed by atoms with Gasteiger partial charge in [-0.2, -0.15) is 0 Å². The second kappa shape index (κ2) is 6.13. The fourth-order valence-corrected chi connectivity index (χ4v) is 3.71. The topological polar surface area (TPSA) is 44.8 Å². The van der Waals surface area contributed by atoms with Crippen molar-refractivity contribution in [2.24, 2.45) is 5.92 Å². The van der Waals surface area contributed by atoms with Crippen LogP contribution in [0.4, 0.5) is 4.79 Å². The molecule has 0 radical (unpaired) electrons. The third kappa shape index (κ3) is 3.21. The summed E-state index contributed by atoms with van der Waals surface area (Å²) in [5.74, 6) is 0.634. The summed E-state index contributed by atoms with van der Waals surface area (Å²) in [6, 6.07) is 11.3. The van der Waals surface area contributed by atoms with Crippen molar-refractivity contribution < 1.29 is 9.53 Å². The molecule has 2 heterocycles. The zero-order valence-electron chi connectivity index (χ0n) is 13.6. The van der Waals surface area contributed by atoms with Gasteiger partial charge in [-0.1, -0.05) is 37.3 Å². The Hall–Kier alpha value is -1.59. The van der Waals surface area contributed by atoms with E-state index in [0.29, 0.717) is 24.5 Å². The first-order chi connectivity index (χ1) is 11.2. The van der Waals surface area contributed by atoms with Crippen molar-refractivity contribution in [2.45, 2.75) is 38.1 Å². The lowest BCUT2D eigenvalue weighted by atomic mass is 10.1. The number of morpholine rings is 1. The predicted molar refractivity (Wildman–Crippen MR) is 88.1 cm³/mol. The van der Waals surface area contributed by atoms with Gasteiger partial charge in [-0.15, -0.1) is 0 Å². The Bertz CT molecular complexity index is 565. The van der Waals surface area contributed by atoms with Gasteiger partial charge in [0.1, 0.15) is 0 Å². The van der Waals surface area contributed by atoms with Gasteiger partial charge in [0.2, 0.25) is 0 Å². The number of carbonyl (C=O) groups is 1. The Morgan fingerprint density at radius 3 is 2.83 bits per heavy atom. The molecule has 4 rings (SSSR count). The summed E-state index contributed by atoms with van der Waals surface area (Å²) in [5, 5.41) is 3.13. The Morgan fingerprint density at radius 2 is 2.09 bits per heavy atom. The number of benzene rings is 1. The minimum atomic E-state index is 0.0806. The maximum atomic E-state index is 12.4. The van der Waals surface area contributed by atoms with Crippen LogP contribution in [0.3, 0.4) is 0 Å². The van der Waals surface area contributed by atoms with E-state index < -0.39 is 0 Å². The van der Waals surface area contributed by atoms with E-state index >= 15 is 0 Å². The van der Waals surface area contributed by atoms with Gasteiger partial charge in [0.05, 0.1) is 25.3 Å². The predicted octanol–water partition coefficient (Wildman–Crippen LogP) is 1.69. The molecule has 1 aromatic rings. The van der Waals surface area contributed by atoms with E-state index in [0.717, 1.165) is 32.7 Å². The molecule has 5 nitrogen and oxygen atoms in total. The highest BCUT2D eigenvalue weighted by atomic mass is 16.5. The monoisotopic (exact) mass is 315 g/mol. The molecule has 124 valence electrons. The second-order valence-electron chi connectivity index (χ2n) is 7.11. The van der Waals surface area contributed by atoms with Crippen LogP contribution in [0.15, 0.2) is 30.3 Å². The molecule has 1 aliphatic carbocycles. The number of hydrogen-bond acceptors (Lipinski definition) is 3. The summed E-state index contributed by atoms with van der Waals surface area (Å²) < 4.78 is 5.93. The van der Waals surface area contributed by atoms with Gasteiger partial charge in [0.15, 0.2) is 0 Å². The van der Waals surface area contributed by atoms with Crippen molar-refractivity contribution in [2.75, 3.05) is 26.2 Å². The number of hydrogen-bond donors (Lipinski definition) is 1. The minimum absolute atomic E-state index is 0.0806. The van der Waals surface area contributed by atoms with Crippen LogP contribution in [-0.4, -0.2) is 60.3 Å². The fraction of sp³-hybridized carbons (Fsp3) is 0.611. The van der Waals surface area contributed by atoms with Crippen LogP contribution in [0.2, 0.25) is 0 Å². The number of amides is 2. The Balaban J connectivity index is 1.39. The molecule has 0 unspecified atom stereocenters. The molecule has 4 atom stereocenters. The molecule has 3 aliphatic rings. The molecule has 23 heavy (non-hydrogen) atoms. The van der Waals surface area contributed by atoms with Crippen molar-refractivity contribution in [1.29, 1.82) is 0 Å². The van der Waals surface area contributed by atoms with E-state index in [1.165, 1.54) is 5.56 Å². The maximum Gasteiger partial charge on any atom is 0.317 e. The van der Waals surface area contributed by atoms with Crippen molar-refractivity contribution >= 4 is 6.03 Å². The van der Waals surface area contributed by atoms with E-state index in [4.69, 9.17) is 4.74 Å². The first kappa shape index (κ1) is 15.0. The summed E-state index contributed by atoms with van der Waals surface area (Å²) in [5.41, 5.74) is 1.32. The molecule has 1 saturated carbocycles. The third-order valence-electron chi connectivity index (χ3n) is 5.35. The fourth-order valence-electron chi connectivity index (χ4n) is 3.71. The number of nitrogens with zero attached hydrogens (tertiary/aromatic N) is 2. The van der Waals surface area contributed by atoms with Crippen LogP contribution >= 0.6 is 0 Å². The summed E-state index contributed by atoms with van der Waals surface area (Å²) in [4.78, 5) is 16.8. The smallest absolute Gasteiger partial charge is 0.317 e. The SMILES string of the molecule is C[C@@H]1C[C@H]1NC(=O)N1C[C@@H]2[C@@H](C1)OCCN2Cc1ccccc1. The number of rotatable bonds is 3. The molecule has 0 spiro atoms. The highest BCUT2D eigenvalue weighted by Gasteiger charge is 2.43. The lowest BCUT2D eigenvalue weighted by Gasteiger charge is -2.36. The zero-order valence-corrected chi connectivity index (χ0v) is 13.6. The number of urea groups is 1. The van der Waals surface area contributed by atoms with E-state index in [2.05, 4.69) is 41.4 Å². The molecule has 1 N–H and O–H groups in total. The number of fused-ring (bicyclic) bond motifs is 1. The van der Waals surface area contributed by atoms with Crippen LogP contribution in [0, 0.1) is 5.92 Å². The van der Waals surface area contributed by atoms with Crippen molar-refractivity contribution in [3.05, 3.63) is 35.9 Å². The van der Waals surface area contributed by atoms with Gasteiger partial charge in [0.25, 0.3) is 0 Å². The summed E-state index contributed by atoms with van der Waals surface area (Å²) >= 11 is 0. The third-order valence-corrected chi connectivity index (χ3v) is 5.35. The molecule has 2 saturated heterocycles. The molecule has 0 aromatic heterocycles. The highest BCUT2D eigenvalue weighted by molar-refractivity contribution is 5.75. The van der Waals surface area contributed by atoms with Gasteiger partial charge < -0.3 is 15.0 Å². The normalized spacial score (nSPS) is 33.3. The van der Waals surface area contributed by atoms with Gasteiger partial charge in [-0.25, -0.2) is 4.79 Å². The van der Waals surface area contributed by atoms with E-state index in [9.17, 15) is 4.79 Å². The number of likely N-dealkylation sites (tertiary alicyclic amines) is 1. The minimum Gasteiger partial charge on any atom is -0.373 e. The Labute approximate surface area is 137 Å². The van der Waals surface area contributed by atoms with Crippen LogP contribution in [0.1, 0.15) is 18.9 Å². The lowest BCUT2D eigenvalue weighted by molar-refractivity contribution is -0.0503. The van der Waals surface area contributed by atoms with Gasteiger partial charge >= 0.3 is 6.03 Å². The second-order valence-corrected chi connectivity index (χ2v) is 7.11. The van der Waals surface area contributed by atoms with Gasteiger partial charge in [-0.05, 0) is 17.9 Å². The van der Waals surface area contributed by atoms with Crippen molar-refractivity contribution in [3.8, 4) is 0 Å². The molecule has 5 heteroatoms. The van der Waals surface area contributed by atoms with E-state index in [1.807, 2.05) is 11.0 Å². The lowest BCUT2D eigenvalue weighted by Crippen LogP contribution is -2.50. The molecule has 3 fully saturated rings. The average molecular weight is 315 g/mol. The summed E-state index contributed by atoms with van der Waals surface area (Å²) in [7, 11) is 0. The first-order valence-corrected chi connectivity index (χ1v) is 8.66. The average Bonchev–Trinajstić information content (AvgIpc) is 3.08. The van der Waals surface area contributed by atoms with Crippen LogP contribution in [-0.2, 0) is 11.3 Å². The summed E-state index contributed by atoms with van der Waals surface area (Å²) in [6.45, 7) is 6.28. The van der Waals surface area contributed by atoms with Gasteiger partial charge in [-0.3, -0.25) is 4.90 Å². The standard InChI is InChI=1S/C18H25N3O2/c1-13-9-15(13)19-18(22)21-11-16-17(12-21)23-8-7-20(16)10-14-5-3-2-4-6-14/h2-6,13,15-17H,7-12H2,1H3,(H,19,22)/t13-,15-,16-,17-/m1/s1. The van der Waals surface area contributed by atoms with Crippen molar-refractivity contribution in [3.63, 3.8) is 0 Å². The van der Waals surface area contributed by atoms with Crippen LogP contribution in [0.25, 0.3) is 0 Å². The largest absolute Gasteiger partial charge is 0.373 e. The van der Waals surface area contributed by atoms with Gasteiger partial charge in [0, 0.05) is 25.7 Å². The van der Waals surface area contributed by atoms with Crippen LogP contribution < -0.4 is 5.32 Å². The molecule has 2 aliphatic heterocycles. The number of nitrogens with one attached hydrogen (secondary N) is 1. The molecular formula is C18H25N3O2. The van der Waals surface area contributed by atoms with Crippen molar-refractivity contribution in [1.82, 2.24) is 15.1 Å².